The van der Waals surface area contributed by atoms with Gasteiger partial charge >= 0.3 is 0 Å². The first kappa shape index (κ1) is 13.6. The highest BCUT2D eigenvalue weighted by atomic mass is 79.9. The van der Waals surface area contributed by atoms with E-state index in [2.05, 4.69) is 50.9 Å². The third-order valence-corrected chi connectivity index (χ3v) is 4.44. The van der Waals surface area contributed by atoms with Gasteiger partial charge in [-0.25, -0.2) is 0 Å². The predicted molar refractivity (Wildman–Crippen MR) is 80.5 cm³/mol. The lowest BCUT2D eigenvalue weighted by Gasteiger charge is -2.16. The number of benzene rings is 1. The van der Waals surface area contributed by atoms with E-state index in [9.17, 15) is 0 Å². The largest absolute Gasteiger partial charge is 0.496 e. The van der Waals surface area contributed by atoms with Crippen LogP contribution in [0.2, 0.25) is 0 Å². The highest BCUT2D eigenvalue weighted by Crippen LogP contribution is 2.32. The summed E-state index contributed by atoms with van der Waals surface area (Å²) in [6.07, 6.45) is 0.959. The molecule has 1 aromatic heterocycles. The molecule has 4 heteroatoms. The molecular formula is C14H16BrNOS. The van der Waals surface area contributed by atoms with E-state index in [-0.39, 0.29) is 0 Å². The van der Waals surface area contributed by atoms with Gasteiger partial charge in [-0.2, -0.15) is 0 Å². The monoisotopic (exact) mass is 325 g/mol. The summed E-state index contributed by atoms with van der Waals surface area (Å²) in [7, 11) is 3.71. The molecule has 2 aromatic rings. The number of methoxy groups -OCH3 is 1. The normalized spacial score (nSPS) is 12.4. The molecule has 18 heavy (non-hydrogen) atoms. The Morgan fingerprint density at radius 2 is 2.00 bits per heavy atom. The smallest absolute Gasteiger partial charge is 0.134 e. The maximum atomic E-state index is 5.39. The van der Waals surface area contributed by atoms with Crippen molar-refractivity contribution in [3.05, 3.63) is 50.6 Å². The number of hydrogen-bond donors (Lipinski definition) is 1. The van der Waals surface area contributed by atoms with Crippen molar-refractivity contribution in [2.45, 2.75) is 12.5 Å². The maximum Gasteiger partial charge on any atom is 0.134 e. The highest BCUT2D eigenvalue weighted by Gasteiger charge is 2.16. The fraction of sp³-hybridized carbons (Fsp3) is 0.286. The first-order valence-corrected chi connectivity index (χ1v) is 7.45. The lowest BCUT2D eigenvalue weighted by atomic mass is 10.0. The molecule has 96 valence electrons. The molecule has 0 aliphatic rings. The summed E-state index contributed by atoms with van der Waals surface area (Å²) in [6, 6.07) is 10.8. The van der Waals surface area contributed by atoms with Crippen LogP contribution in [0.3, 0.4) is 0 Å². The highest BCUT2D eigenvalue weighted by molar-refractivity contribution is 9.10. The van der Waals surface area contributed by atoms with Crippen molar-refractivity contribution in [3.8, 4) is 5.75 Å². The van der Waals surface area contributed by atoms with Crippen molar-refractivity contribution in [1.29, 1.82) is 0 Å². The minimum atomic E-state index is 0.293. The number of likely N-dealkylation sites (N-methyl/N-ethyl adjacent to an activating group) is 1. The van der Waals surface area contributed by atoms with Crippen molar-refractivity contribution in [2.75, 3.05) is 14.2 Å². The van der Waals surface area contributed by atoms with Gasteiger partial charge in [0.1, 0.15) is 5.75 Å². The third-order valence-electron chi connectivity index (χ3n) is 2.90. The molecule has 0 aliphatic carbocycles. The van der Waals surface area contributed by atoms with Crippen molar-refractivity contribution >= 4 is 27.3 Å². The van der Waals surface area contributed by atoms with Crippen LogP contribution in [0.15, 0.2) is 40.2 Å². The summed E-state index contributed by atoms with van der Waals surface area (Å²) >= 11 is 5.19. The van der Waals surface area contributed by atoms with Crippen LogP contribution in [-0.2, 0) is 6.42 Å². The molecule has 2 rings (SSSR count). The molecule has 0 aliphatic heterocycles. The molecule has 0 saturated heterocycles. The fourth-order valence-electron chi connectivity index (χ4n) is 1.91. The SMILES string of the molecule is CNC(Cc1ccc(Br)cc1)c1sccc1OC. The molecule has 0 fully saturated rings. The number of nitrogens with one attached hydrogen (secondary N) is 1. The molecule has 0 amide bonds. The second-order valence-electron chi connectivity index (χ2n) is 4.03. The quantitative estimate of drug-likeness (QED) is 0.896. The van der Waals surface area contributed by atoms with Crippen LogP contribution in [0, 0.1) is 0 Å². The number of rotatable bonds is 5. The Morgan fingerprint density at radius 3 is 2.61 bits per heavy atom. The van der Waals surface area contributed by atoms with E-state index in [1.807, 2.05) is 13.1 Å². The Morgan fingerprint density at radius 1 is 1.28 bits per heavy atom. The van der Waals surface area contributed by atoms with Crippen molar-refractivity contribution in [3.63, 3.8) is 0 Å². The Kier molecular flexibility index (Phi) is 4.80. The summed E-state index contributed by atoms with van der Waals surface area (Å²) in [5, 5.41) is 5.43. The second-order valence-corrected chi connectivity index (χ2v) is 5.89. The Labute approximate surface area is 120 Å². The van der Waals surface area contributed by atoms with Crippen LogP contribution in [-0.4, -0.2) is 14.2 Å². The van der Waals surface area contributed by atoms with Gasteiger partial charge in [-0.15, -0.1) is 11.3 Å². The van der Waals surface area contributed by atoms with Gasteiger partial charge in [0.15, 0.2) is 0 Å². The van der Waals surface area contributed by atoms with E-state index in [0.717, 1.165) is 16.6 Å². The van der Waals surface area contributed by atoms with Gasteiger partial charge in [-0.1, -0.05) is 28.1 Å². The fourth-order valence-corrected chi connectivity index (χ4v) is 3.15. The van der Waals surface area contributed by atoms with E-state index in [0.29, 0.717) is 6.04 Å². The number of halogens is 1. The molecule has 1 heterocycles. The van der Waals surface area contributed by atoms with E-state index >= 15 is 0 Å². The van der Waals surface area contributed by atoms with Crippen LogP contribution < -0.4 is 10.1 Å². The van der Waals surface area contributed by atoms with Crippen LogP contribution >= 0.6 is 27.3 Å². The van der Waals surface area contributed by atoms with E-state index in [1.165, 1.54) is 10.4 Å². The Balaban J connectivity index is 2.17. The van der Waals surface area contributed by atoms with Crippen LogP contribution in [0.4, 0.5) is 0 Å². The molecule has 1 unspecified atom stereocenters. The topological polar surface area (TPSA) is 21.3 Å². The molecule has 0 spiro atoms. The zero-order chi connectivity index (χ0) is 13.0. The summed E-state index contributed by atoms with van der Waals surface area (Å²) in [5.41, 5.74) is 1.31. The Bertz CT molecular complexity index is 495. The summed E-state index contributed by atoms with van der Waals surface area (Å²) < 4.78 is 6.50. The van der Waals surface area contributed by atoms with Gasteiger partial charge in [-0.3, -0.25) is 0 Å². The van der Waals surface area contributed by atoms with Crippen LogP contribution in [0.1, 0.15) is 16.5 Å². The second kappa shape index (κ2) is 6.36. The summed E-state index contributed by atoms with van der Waals surface area (Å²) in [6.45, 7) is 0. The lowest BCUT2D eigenvalue weighted by molar-refractivity contribution is 0.405. The maximum absolute atomic E-state index is 5.39. The average molecular weight is 326 g/mol. The molecule has 2 nitrogen and oxygen atoms in total. The van der Waals surface area contributed by atoms with Gasteiger partial charge in [0.25, 0.3) is 0 Å². The lowest BCUT2D eigenvalue weighted by Crippen LogP contribution is -2.18. The van der Waals surface area contributed by atoms with Crippen LogP contribution in [0.25, 0.3) is 0 Å². The number of thiophene rings is 1. The molecule has 0 saturated carbocycles. The van der Waals surface area contributed by atoms with Gasteiger partial charge in [0, 0.05) is 10.5 Å². The van der Waals surface area contributed by atoms with Gasteiger partial charge in [0.2, 0.25) is 0 Å². The first-order valence-electron chi connectivity index (χ1n) is 5.77. The van der Waals surface area contributed by atoms with E-state index in [4.69, 9.17) is 4.74 Å². The van der Waals surface area contributed by atoms with E-state index in [1.54, 1.807) is 18.4 Å². The third kappa shape index (κ3) is 3.13. The average Bonchev–Trinajstić information content (AvgIpc) is 2.86. The number of ether oxygens (including phenoxy) is 1. The molecule has 1 N–H and O–H groups in total. The molecule has 0 radical (unpaired) electrons. The minimum absolute atomic E-state index is 0.293. The first-order chi connectivity index (χ1) is 8.74. The van der Waals surface area contributed by atoms with Gasteiger partial charge in [0.05, 0.1) is 12.0 Å². The Hall–Kier alpha value is -0.840. The molecular weight excluding hydrogens is 310 g/mol. The number of hydrogen-bond acceptors (Lipinski definition) is 3. The van der Waals surface area contributed by atoms with Gasteiger partial charge in [-0.05, 0) is 42.6 Å². The molecule has 1 atom stereocenters. The standard InChI is InChI=1S/C14H16BrNOS/c1-16-12(14-13(17-2)7-8-18-14)9-10-3-5-11(15)6-4-10/h3-8,12,16H,9H2,1-2H3. The zero-order valence-corrected chi connectivity index (χ0v) is 12.8. The summed E-state index contributed by atoms with van der Waals surface area (Å²) in [5.74, 6) is 0.969. The van der Waals surface area contributed by atoms with Crippen LogP contribution in [0.5, 0.6) is 5.75 Å². The summed E-state index contributed by atoms with van der Waals surface area (Å²) in [4.78, 5) is 1.25. The molecule has 1 aromatic carbocycles. The van der Waals surface area contributed by atoms with Crippen molar-refractivity contribution in [1.82, 2.24) is 5.32 Å². The van der Waals surface area contributed by atoms with E-state index < -0.39 is 0 Å². The minimum Gasteiger partial charge on any atom is -0.496 e. The zero-order valence-electron chi connectivity index (χ0n) is 10.4. The molecule has 0 bridgehead atoms. The van der Waals surface area contributed by atoms with Crippen molar-refractivity contribution < 1.29 is 4.74 Å². The van der Waals surface area contributed by atoms with Gasteiger partial charge < -0.3 is 10.1 Å². The van der Waals surface area contributed by atoms with Crippen molar-refractivity contribution in [2.24, 2.45) is 0 Å². The predicted octanol–water partition coefficient (Wildman–Crippen LogP) is 4.02.